The van der Waals surface area contributed by atoms with E-state index in [4.69, 9.17) is 16.0 Å². The summed E-state index contributed by atoms with van der Waals surface area (Å²) in [5, 5.41) is 7.00. The average molecular weight is 217 g/mol. The van der Waals surface area contributed by atoms with Crippen molar-refractivity contribution in [2.24, 2.45) is 0 Å². The molecule has 0 fully saturated rings. The van der Waals surface area contributed by atoms with Gasteiger partial charge in [0.15, 0.2) is 5.22 Å². The first-order valence-electron chi connectivity index (χ1n) is 4.98. The van der Waals surface area contributed by atoms with Crippen molar-refractivity contribution in [3.8, 4) is 0 Å². The normalized spacial score (nSPS) is 10.7. The Morgan fingerprint density at radius 3 is 2.71 bits per heavy atom. The molecule has 0 radical (unpaired) electrons. The Kier molecular flexibility index (Phi) is 5.68. The highest BCUT2D eigenvalue weighted by Crippen LogP contribution is 2.12. The number of halogens is 1. The Morgan fingerprint density at radius 2 is 2.07 bits per heavy atom. The van der Waals surface area contributed by atoms with Crippen LogP contribution in [0.1, 0.15) is 19.1 Å². The summed E-state index contributed by atoms with van der Waals surface area (Å²) >= 11 is 5.64. The van der Waals surface area contributed by atoms with Crippen LogP contribution >= 0.6 is 11.6 Å². The maximum absolute atomic E-state index is 5.64. The van der Waals surface area contributed by atoms with Gasteiger partial charge in [-0.05, 0) is 49.8 Å². The highest BCUT2D eigenvalue weighted by molar-refractivity contribution is 6.28. The third-order valence-electron chi connectivity index (χ3n) is 1.89. The molecule has 0 bridgehead atoms. The second kappa shape index (κ2) is 6.87. The maximum atomic E-state index is 5.64. The zero-order valence-corrected chi connectivity index (χ0v) is 9.23. The fourth-order valence-electron chi connectivity index (χ4n) is 1.17. The van der Waals surface area contributed by atoms with Crippen molar-refractivity contribution >= 4 is 11.6 Å². The summed E-state index contributed by atoms with van der Waals surface area (Å²) in [6.07, 6.45) is 1.13. The van der Waals surface area contributed by atoms with Crippen molar-refractivity contribution in [2.45, 2.75) is 19.9 Å². The lowest BCUT2D eigenvalue weighted by molar-refractivity contribution is 0.480. The summed E-state index contributed by atoms with van der Waals surface area (Å²) in [4.78, 5) is 0. The molecule has 3 nitrogen and oxygen atoms in total. The van der Waals surface area contributed by atoms with Crippen LogP contribution in [-0.2, 0) is 6.54 Å². The van der Waals surface area contributed by atoms with Crippen LogP contribution < -0.4 is 10.6 Å². The third kappa shape index (κ3) is 4.65. The largest absolute Gasteiger partial charge is 0.448 e. The molecule has 0 unspecified atom stereocenters. The third-order valence-corrected chi connectivity index (χ3v) is 2.09. The van der Waals surface area contributed by atoms with E-state index in [0.29, 0.717) is 5.22 Å². The number of furan rings is 1. The molecular weight excluding hydrogens is 200 g/mol. The smallest absolute Gasteiger partial charge is 0.193 e. The van der Waals surface area contributed by atoms with Crippen molar-refractivity contribution in [1.29, 1.82) is 0 Å². The van der Waals surface area contributed by atoms with Crippen LogP contribution in [0.4, 0.5) is 0 Å². The summed E-state index contributed by atoms with van der Waals surface area (Å²) in [6, 6.07) is 3.65. The summed E-state index contributed by atoms with van der Waals surface area (Å²) in [6.45, 7) is 5.94. The highest BCUT2D eigenvalue weighted by Gasteiger charge is 1.97. The molecule has 14 heavy (non-hydrogen) atoms. The molecule has 0 saturated carbocycles. The number of nitrogens with one attached hydrogen (secondary N) is 2. The maximum Gasteiger partial charge on any atom is 0.193 e. The Morgan fingerprint density at radius 1 is 1.29 bits per heavy atom. The molecular formula is C10H17ClN2O. The first-order chi connectivity index (χ1) is 6.83. The van der Waals surface area contributed by atoms with Crippen molar-refractivity contribution in [2.75, 3.05) is 19.6 Å². The standard InChI is InChI=1S/C10H17ClN2O/c1-2-12-6-3-7-13-8-9-4-5-10(11)14-9/h4-5,12-13H,2-3,6-8H2,1H3. The molecule has 1 heterocycles. The molecule has 0 aliphatic heterocycles. The molecule has 0 spiro atoms. The quantitative estimate of drug-likeness (QED) is 0.685. The summed E-state index contributed by atoms with van der Waals surface area (Å²) in [5.74, 6) is 0.887. The molecule has 0 amide bonds. The summed E-state index contributed by atoms with van der Waals surface area (Å²) in [5.41, 5.74) is 0. The molecule has 1 rings (SSSR count). The molecule has 2 N–H and O–H groups in total. The zero-order chi connectivity index (χ0) is 10.2. The topological polar surface area (TPSA) is 37.2 Å². The molecule has 1 aromatic heterocycles. The second-order valence-corrected chi connectivity index (χ2v) is 3.46. The summed E-state index contributed by atoms with van der Waals surface area (Å²) < 4.78 is 5.20. The van der Waals surface area contributed by atoms with Gasteiger partial charge in [-0.3, -0.25) is 0 Å². The highest BCUT2D eigenvalue weighted by atomic mass is 35.5. The lowest BCUT2D eigenvalue weighted by Crippen LogP contribution is -2.21. The molecule has 0 aliphatic rings. The van der Waals surface area contributed by atoms with E-state index >= 15 is 0 Å². The minimum atomic E-state index is 0.453. The van der Waals surface area contributed by atoms with Crippen LogP contribution in [0.2, 0.25) is 5.22 Å². The van der Waals surface area contributed by atoms with Gasteiger partial charge in [0.05, 0.1) is 6.54 Å². The van der Waals surface area contributed by atoms with Gasteiger partial charge in [0.25, 0.3) is 0 Å². The fraction of sp³-hybridized carbons (Fsp3) is 0.600. The Hall–Kier alpha value is -0.510. The van der Waals surface area contributed by atoms with Gasteiger partial charge >= 0.3 is 0 Å². The van der Waals surface area contributed by atoms with E-state index in [9.17, 15) is 0 Å². The molecule has 4 heteroatoms. The first kappa shape index (κ1) is 11.6. The van der Waals surface area contributed by atoms with Crippen LogP contribution in [0.5, 0.6) is 0 Å². The van der Waals surface area contributed by atoms with Crippen LogP contribution in [0.15, 0.2) is 16.5 Å². The predicted molar refractivity (Wildman–Crippen MR) is 58.6 cm³/mol. The van der Waals surface area contributed by atoms with E-state index < -0.39 is 0 Å². The van der Waals surface area contributed by atoms with Crippen LogP contribution in [0.25, 0.3) is 0 Å². The number of hydrogen-bond donors (Lipinski definition) is 2. The van der Waals surface area contributed by atoms with Gasteiger partial charge in [-0.15, -0.1) is 0 Å². The molecule has 0 aliphatic carbocycles. The molecule has 0 atom stereocenters. The Balaban J connectivity index is 1.99. The number of rotatable bonds is 7. The van der Waals surface area contributed by atoms with Gasteiger partial charge < -0.3 is 15.1 Å². The van der Waals surface area contributed by atoms with Crippen molar-refractivity contribution < 1.29 is 4.42 Å². The fourth-order valence-corrected chi connectivity index (χ4v) is 1.34. The van der Waals surface area contributed by atoms with Crippen LogP contribution in [0.3, 0.4) is 0 Å². The van der Waals surface area contributed by atoms with E-state index in [0.717, 1.165) is 38.4 Å². The first-order valence-corrected chi connectivity index (χ1v) is 5.36. The van der Waals surface area contributed by atoms with E-state index in [1.54, 1.807) is 6.07 Å². The van der Waals surface area contributed by atoms with Gasteiger partial charge in [-0.25, -0.2) is 0 Å². The lowest BCUT2D eigenvalue weighted by atomic mass is 10.4. The van der Waals surface area contributed by atoms with Gasteiger partial charge in [0.1, 0.15) is 5.76 Å². The van der Waals surface area contributed by atoms with Crippen LogP contribution in [0, 0.1) is 0 Å². The van der Waals surface area contributed by atoms with E-state index in [-0.39, 0.29) is 0 Å². The minimum Gasteiger partial charge on any atom is -0.448 e. The van der Waals surface area contributed by atoms with E-state index in [2.05, 4.69) is 17.6 Å². The monoisotopic (exact) mass is 216 g/mol. The second-order valence-electron chi connectivity index (χ2n) is 3.09. The SMILES string of the molecule is CCNCCCNCc1ccc(Cl)o1. The zero-order valence-electron chi connectivity index (χ0n) is 8.48. The lowest BCUT2D eigenvalue weighted by Gasteiger charge is -2.02. The molecule has 1 aromatic rings. The average Bonchev–Trinajstić information content (AvgIpc) is 2.58. The summed E-state index contributed by atoms with van der Waals surface area (Å²) in [7, 11) is 0. The van der Waals surface area contributed by atoms with Gasteiger partial charge in [-0.2, -0.15) is 0 Å². The minimum absolute atomic E-state index is 0.453. The van der Waals surface area contributed by atoms with Crippen molar-refractivity contribution in [3.05, 3.63) is 23.1 Å². The Labute approximate surface area is 89.8 Å². The van der Waals surface area contributed by atoms with Crippen molar-refractivity contribution in [3.63, 3.8) is 0 Å². The molecule has 0 saturated heterocycles. The van der Waals surface area contributed by atoms with Gasteiger partial charge in [0.2, 0.25) is 0 Å². The van der Waals surface area contributed by atoms with E-state index in [1.165, 1.54) is 0 Å². The number of hydrogen-bond acceptors (Lipinski definition) is 3. The predicted octanol–water partition coefficient (Wildman–Crippen LogP) is 2.02. The van der Waals surface area contributed by atoms with Crippen molar-refractivity contribution in [1.82, 2.24) is 10.6 Å². The molecule has 80 valence electrons. The Bertz CT molecular complexity index is 250. The van der Waals surface area contributed by atoms with E-state index in [1.807, 2.05) is 6.07 Å². The van der Waals surface area contributed by atoms with Gasteiger partial charge in [-0.1, -0.05) is 6.92 Å². The van der Waals surface area contributed by atoms with Crippen LogP contribution in [-0.4, -0.2) is 19.6 Å². The molecule has 0 aromatic carbocycles. The van der Waals surface area contributed by atoms with Gasteiger partial charge in [0, 0.05) is 0 Å².